The lowest BCUT2D eigenvalue weighted by Crippen LogP contribution is -2.04. The van der Waals surface area contributed by atoms with Crippen LogP contribution in [-0.2, 0) is 0 Å². The second kappa shape index (κ2) is 4.49. The van der Waals surface area contributed by atoms with Crippen molar-refractivity contribution in [3.8, 4) is 17.2 Å². The zero-order chi connectivity index (χ0) is 13.2. The fraction of sp³-hybridized carbons (Fsp3) is 0. The van der Waals surface area contributed by atoms with Crippen molar-refractivity contribution in [3.63, 3.8) is 0 Å². The minimum atomic E-state index is -0.237. The highest BCUT2D eigenvalue weighted by molar-refractivity contribution is 5.88. The van der Waals surface area contributed by atoms with Crippen molar-refractivity contribution in [2.45, 2.75) is 0 Å². The van der Waals surface area contributed by atoms with E-state index in [9.17, 15) is 9.90 Å². The number of hydrogen-bond acceptors (Lipinski definition) is 3. The van der Waals surface area contributed by atoms with Crippen LogP contribution in [0.4, 0.5) is 0 Å². The molecule has 0 aliphatic rings. The van der Waals surface area contributed by atoms with E-state index in [1.54, 1.807) is 18.2 Å². The fourth-order valence-corrected chi connectivity index (χ4v) is 1.91. The van der Waals surface area contributed by atoms with Crippen LogP contribution in [0.25, 0.3) is 10.8 Å². The minimum absolute atomic E-state index is 0.0214. The van der Waals surface area contributed by atoms with Gasteiger partial charge in [0.2, 0.25) is 0 Å². The van der Waals surface area contributed by atoms with Crippen LogP contribution in [0.3, 0.4) is 0 Å². The van der Waals surface area contributed by atoms with Crippen molar-refractivity contribution in [1.82, 2.24) is 4.98 Å². The van der Waals surface area contributed by atoms with E-state index in [-0.39, 0.29) is 11.3 Å². The number of hydrogen-bond donors (Lipinski definition) is 2. The van der Waals surface area contributed by atoms with Crippen LogP contribution in [-0.4, -0.2) is 10.1 Å². The molecule has 1 aromatic heterocycles. The largest absolute Gasteiger partial charge is 0.506 e. The van der Waals surface area contributed by atoms with Crippen molar-refractivity contribution in [3.05, 3.63) is 65.1 Å². The number of aromatic amines is 1. The van der Waals surface area contributed by atoms with Crippen LogP contribution < -0.4 is 10.3 Å². The summed E-state index contributed by atoms with van der Waals surface area (Å²) in [7, 11) is 0. The Morgan fingerprint density at radius 2 is 1.74 bits per heavy atom. The van der Waals surface area contributed by atoms with Crippen LogP contribution in [0.15, 0.2) is 59.5 Å². The third kappa shape index (κ3) is 2.15. The summed E-state index contributed by atoms with van der Waals surface area (Å²) >= 11 is 0. The van der Waals surface area contributed by atoms with E-state index in [0.717, 1.165) is 0 Å². The first-order chi connectivity index (χ1) is 9.24. The molecule has 1 heterocycles. The molecular formula is C15H11NO3. The van der Waals surface area contributed by atoms with E-state index in [1.165, 1.54) is 6.20 Å². The predicted octanol–water partition coefficient (Wildman–Crippen LogP) is 3.03. The minimum Gasteiger partial charge on any atom is -0.506 e. The number of aromatic nitrogens is 1. The standard InChI is InChI=1S/C15H11NO3/c17-14-9-16-15(18)12-7-6-11(8-13(12)14)19-10-4-2-1-3-5-10/h1-9,17H,(H,16,18). The van der Waals surface area contributed by atoms with Crippen molar-refractivity contribution in [2.24, 2.45) is 0 Å². The molecule has 2 N–H and O–H groups in total. The maximum atomic E-state index is 11.6. The van der Waals surface area contributed by atoms with Crippen LogP contribution in [0.2, 0.25) is 0 Å². The highest BCUT2D eigenvalue weighted by Gasteiger charge is 2.06. The normalized spacial score (nSPS) is 10.5. The first-order valence-corrected chi connectivity index (χ1v) is 5.81. The lowest BCUT2D eigenvalue weighted by atomic mass is 10.1. The first kappa shape index (κ1) is 11.3. The van der Waals surface area contributed by atoms with E-state index < -0.39 is 0 Å². The maximum absolute atomic E-state index is 11.6. The molecular weight excluding hydrogens is 242 g/mol. The molecule has 0 spiro atoms. The molecule has 0 atom stereocenters. The summed E-state index contributed by atoms with van der Waals surface area (Å²) < 4.78 is 5.66. The van der Waals surface area contributed by atoms with Crippen molar-refractivity contribution in [2.75, 3.05) is 0 Å². The van der Waals surface area contributed by atoms with Gasteiger partial charge in [0.15, 0.2) is 0 Å². The summed E-state index contributed by atoms with van der Waals surface area (Å²) in [6, 6.07) is 14.3. The molecule has 0 bridgehead atoms. The molecule has 4 heteroatoms. The molecule has 3 aromatic rings. The van der Waals surface area contributed by atoms with Gasteiger partial charge in [-0.1, -0.05) is 18.2 Å². The molecule has 0 saturated carbocycles. The van der Waals surface area contributed by atoms with Gasteiger partial charge in [-0.2, -0.15) is 0 Å². The molecule has 0 aliphatic carbocycles. The van der Waals surface area contributed by atoms with Gasteiger partial charge in [-0.05, 0) is 30.3 Å². The van der Waals surface area contributed by atoms with Gasteiger partial charge < -0.3 is 14.8 Å². The third-order valence-corrected chi connectivity index (χ3v) is 2.83. The Kier molecular flexibility index (Phi) is 2.68. The molecule has 0 amide bonds. The topological polar surface area (TPSA) is 62.3 Å². The van der Waals surface area contributed by atoms with Crippen LogP contribution in [0, 0.1) is 0 Å². The molecule has 94 valence electrons. The highest BCUT2D eigenvalue weighted by atomic mass is 16.5. The molecule has 4 nitrogen and oxygen atoms in total. The van der Waals surface area contributed by atoms with Crippen LogP contribution >= 0.6 is 0 Å². The summed E-state index contributed by atoms with van der Waals surface area (Å²) in [5, 5.41) is 10.7. The number of para-hydroxylation sites is 1. The van der Waals surface area contributed by atoms with E-state index in [4.69, 9.17) is 4.74 Å². The Bertz CT molecular complexity index is 778. The summed E-state index contributed by atoms with van der Waals surface area (Å²) in [5.41, 5.74) is -0.237. The smallest absolute Gasteiger partial charge is 0.256 e. The molecule has 0 radical (unpaired) electrons. The number of fused-ring (bicyclic) bond motifs is 1. The monoisotopic (exact) mass is 253 g/mol. The van der Waals surface area contributed by atoms with Gasteiger partial charge in [0.25, 0.3) is 5.56 Å². The molecule has 0 fully saturated rings. The Morgan fingerprint density at radius 1 is 0.947 bits per heavy atom. The Hall–Kier alpha value is -2.75. The van der Waals surface area contributed by atoms with E-state index in [2.05, 4.69) is 4.98 Å². The average Bonchev–Trinajstić information content (AvgIpc) is 2.44. The van der Waals surface area contributed by atoms with Gasteiger partial charge in [-0.3, -0.25) is 4.79 Å². The van der Waals surface area contributed by atoms with Gasteiger partial charge in [-0.25, -0.2) is 0 Å². The number of benzene rings is 2. The summed E-state index contributed by atoms with van der Waals surface area (Å²) in [5.74, 6) is 1.29. The van der Waals surface area contributed by atoms with Crippen LogP contribution in [0.5, 0.6) is 17.2 Å². The lowest BCUT2D eigenvalue weighted by Gasteiger charge is -2.07. The second-order valence-electron chi connectivity index (χ2n) is 4.13. The number of rotatable bonds is 2. The summed E-state index contributed by atoms with van der Waals surface area (Å²) in [4.78, 5) is 14.1. The molecule has 19 heavy (non-hydrogen) atoms. The molecule has 0 saturated heterocycles. The van der Waals surface area contributed by atoms with Gasteiger partial charge >= 0.3 is 0 Å². The zero-order valence-corrected chi connectivity index (χ0v) is 9.96. The van der Waals surface area contributed by atoms with Gasteiger partial charge in [0.1, 0.15) is 17.2 Å². The SMILES string of the molecule is O=c1[nH]cc(O)c2cc(Oc3ccccc3)ccc12. The van der Waals surface area contributed by atoms with E-state index in [1.807, 2.05) is 30.3 Å². The Morgan fingerprint density at radius 3 is 2.53 bits per heavy atom. The van der Waals surface area contributed by atoms with E-state index in [0.29, 0.717) is 22.3 Å². The zero-order valence-electron chi connectivity index (χ0n) is 9.96. The van der Waals surface area contributed by atoms with Gasteiger partial charge in [0, 0.05) is 11.6 Å². The van der Waals surface area contributed by atoms with Crippen molar-refractivity contribution < 1.29 is 9.84 Å². The van der Waals surface area contributed by atoms with Crippen LogP contribution in [0.1, 0.15) is 0 Å². The maximum Gasteiger partial charge on any atom is 0.256 e. The molecule has 0 unspecified atom stereocenters. The Labute approximate surface area is 108 Å². The number of nitrogens with one attached hydrogen (secondary N) is 1. The number of pyridine rings is 1. The fourth-order valence-electron chi connectivity index (χ4n) is 1.91. The van der Waals surface area contributed by atoms with Crippen molar-refractivity contribution >= 4 is 10.8 Å². The molecule has 2 aromatic carbocycles. The number of aromatic hydroxyl groups is 1. The summed E-state index contributed by atoms with van der Waals surface area (Å²) in [6.07, 6.45) is 1.27. The van der Waals surface area contributed by atoms with Gasteiger partial charge in [-0.15, -0.1) is 0 Å². The molecule has 0 aliphatic heterocycles. The highest BCUT2D eigenvalue weighted by Crippen LogP contribution is 2.28. The molecule has 3 rings (SSSR count). The number of H-pyrrole nitrogens is 1. The second-order valence-corrected chi connectivity index (χ2v) is 4.13. The van der Waals surface area contributed by atoms with E-state index >= 15 is 0 Å². The quantitative estimate of drug-likeness (QED) is 0.738. The predicted molar refractivity (Wildman–Crippen MR) is 72.7 cm³/mol. The average molecular weight is 253 g/mol. The Balaban J connectivity index is 2.07. The number of ether oxygens (including phenoxy) is 1. The van der Waals surface area contributed by atoms with Crippen molar-refractivity contribution in [1.29, 1.82) is 0 Å². The lowest BCUT2D eigenvalue weighted by molar-refractivity contribution is 0.474. The summed E-state index contributed by atoms with van der Waals surface area (Å²) in [6.45, 7) is 0. The van der Waals surface area contributed by atoms with Gasteiger partial charge in [0.05, 0.1) is 5.39 Å². The first-order valence-electron chi connectivity index (χ1n) is 5.81. The third-order valence-electron chi connectivity index (χ3n) is 2.83.